The molecule has 0 amide bonds. The van der Waals surface area contributed by atoms with Crippen LogP contribution in [0.25, 0.3) is 0 Å². The number of piperidine rings is 1. The Balaban J connectivity index is 1.61. The number of likely N-dealkylation sites (tertiary alicyclic amines) is 1. The van der Waals surface area contributed by atoms with E-state index >= 15 is 0 Å². The molecule has 5 atom stereocenters. The molecule has 2 heterocycles. The Kier molecular flexibility index (Phi) is 4.94. The summed E-state index contributed by atoms with van der Waals surface area (Å²) in [6, 6.07) is 8.53. The molecule has 142 valence electrons. The van der Waals surface area contributed by atoms with Crippen molar-refractivity contribution in [2.75, 3.05) is 13.1 Å². The van der Waals surface area contributed by atoms with E-state index in [4.69, 9.17) is 11.0 Å². The Labute approximate surface area is 157 Å². The number of rotatable bonds is 3. The van der Waals surface area contributed by atoms with E-state index in [9.17, 15) is 8.78 Å². The Bertz CT molecular complexity index is 828. The van der Waals surface area contributed by atoms with Crippen molar-refractivity contribution in [1.82, 2.24) is 14.7 Å². The fraction of sp³-hybridized carbons (Fsp3) is 0.500. The molecule has 2 aliphatic rings. The molecule has 1 aliphatic heterocycles. The summed E-state index contributed by atoms with van der Waals surface area (Å²) in [5.74, 6) is 0.0150. The first-order chi connectivity index (χ1) is 13.0. The normalized spacial score (nSPS) is 31.7. The molecule has 7 heteroatoms. The SMILES string of the molecule is N#Cc1cnn(C2CC(c3ccc(F)cc3)CC2N2CC[C@@H](F)C(N)C2)c1. The highest BCUT2D eigenvalue weighted by Gasteiger charge is 2.42. The minimum Gasteiger partial charge on any atom is -0.324 e. The summed E-state index contributed by atoms with van der Waals surface area (Å²) in [5, 5.41) is 13.5. The van der Waals surface area contributed by atoms with Gasteiger partial charge in [-0.25, -0.2) is 8.78 Å². The first-order valence-electron chi connectivity index (χ1n) is 9.38. The van der Waals surface area contributed by atoms with E-state index in [2.05, 4.69) is 16.1 Å². The Morgan fingerprint density at radius 1 is 1.19 bits per heavy atom. The smallest absolute Gasteiger partial charge is 0.123 e. The molecule has 2 aromatic rings. The van der Waals surface area contributed by atoms with E-state index in [1.54, 1.807) is 12.4 Å². The van der Waals surface area contributed by atoms with Crippen molar-refractivity contribution in [3.8, 4) is 6.07 Å². The largest absolute Gasteiger partial charge is 0.324 e. The van der Waals surface area contributed by atoms with Crippen LogP contribution in [0.15, 0.2) is 36.7 Å². The van der Waals surface area contributed by atoms with Crippen LogP contribution in [0.1, 0.15) is 42.3 Å². The number of benzene rings is 1. The Hall–Kier alpha value is -2.30. The van der Waals surface area contributed by atoms with Crippen LogP contribution in [-0.4, -0.2) is 46.0 Å². The monoisotopic (exact) mass is 371 g/mol. The minimum absolute atomic E-state index is 0.0746. The molecule has 4 rings (SSSR count). The maximum absolute atomic E-state index is 13.8. The van der Waals surface area contributed by atoms with E-state index in [1.807, 2.05) is 16.8 Å². The third-order valence-corrected chi connectivity index (χ3v) is 5.98. The summed E-state index contributed by atoms with van der Waals surface area (Å²) in [4.78, 5) is 2.27. The van der Waals surface area contributed by atoms with Gasteiger partial charge in [-0.2, -0.15) is 10.4 Å². The summed E-state index contributed by atoms with van der Waals surface area (Å²) in [5.41, 5.74) is 7.61. The molecule has 1 aromatic carbocycles. The lowest BCUT2D eigenvalue weighted by Gasteiger charge is -2.39. The molecule has 2 fully saturated rings. The zero-order chi connectivity index (χ0) is 19.0. The standard InChI is InChI=1S/C20H23F2N5/c21-16-3-1-14(2-4-16)15-7-19(26-6-5-17(22)18(24)12-26)20(8-15)27-11-13(9-23)10-25-27/h1-4,10-11,15,17-20H,5-8,12,24H2/t15?,17-,18?,19?,20?/m1/s1. The van der Waals surface area contributed by atoms with Crippen LogP contribution in [0.2, 0.25) is 0 Å². The van der Waals surface area contributed by atoms with E-state index in [-0.39, 0.29) is 23.8 Å². The molecule has 1 aliphatic carbocycles. The summed E-state index contributed by atoms with van der Waals surface area (Å²) >= 11 is 0. The molecule has 5 nitrogen and oxygen atoms in total. The number of nitriles is 1. The van der Waals surface area contributed by atoms with Crippen molar-refractivity contribution < 1.29 is 8.78 Å². The second kappa shape index (κ2) is 7.37. The van der Waals surface area contributed by atoms with Crippen LogP contribution in [-0.2, 0) is 0 Å². The summed E-state index contributed by atoms with van der Waals surface area (Å²) < 4.78 is 29.0. The molecular weight excluding hydrogens is 348 g/mol. The van der Waals surface area contributed by atoms with Crippen LogP contribution in [0.4, 0.5) is 8.78 Å². The average molecular weight is 371 g/mol. The minimum atomic E-state index is -0.955. The van der Waals surface area contributed by atoms with E-state index in [0.717, 1.165) is 18.4 Å². The molecule has 1 saturated carbocycles. The first-order valence-corrected chi connectivity index (χ1v) is 9.38. The van der Waals surface area contributed by atoms with E-state index < -0.39 is 12.2 Å². The lowest BCUT2D eigenvalue weighted by atomic mass is 9.96. The third kappa shape index (κ3) is 3.60. The molecule has 1 saturated heterocycles. The second-order valence-electron chi connectivity index (χ2n) is 7.64. The van der Waals surface area contributed by atoms with Crippen LogP contribution in [0, 0.1) is 17.1 Å². The lowest BCUT2D eigenvalue weighted by Crippen LogP contribution is -2.53. The van der Waals surface area contributed by atoms with Gasteiger partial charge in [-0.05, 0) is 42.9 Å². The van der Waals surface area contributed by atoms with Crippen molar-refractivity contribution in [3.63, 3.8) is 0 Å². The number of hydrogen-bond donors (Lipinski definition) is 1. The molecule has 27 heavy (non-hydrogen) atoms. The van der Waals surface area contributed by atoms with Gasteiger partial charge in [0.1, 0.15) is 18.1 Å². The van der Waals surface area contributed by atoms with Gasteiger partial charge in [-0.15, -0.1) is 0 Å². The predicted octanol–water partition coefficient (Wildman–Crippen LogP) is 2.75. The Morgan fingerprint density at radius 3 is 2.59 bits per heavy atom. The molecule has 0 spiro atoms. The highest BCUT2D eigenvalue weighted by atomic mass is 19.1. The third-order valence-electron chi connectivity index (χ3n) is 5.98. The van der Waals surface area contributed by atoms with Crippen LogP contribution in [0.5, 0.6) is 0 Å². The second-order valence-corrected chi connectivity index (χ2v) is 7.64. The number of halogens is 2. The maximum atomic E-state index is 13.8. The first kappa shape index (κ1) is 18.1. The number of nitrogens with two attached hydrogens (primary N) is 1. The van der Waals surface area contributed by atoms with Gasteiger partial charge < -0.3 is 5.73 Å². The van der Waals surface area contributed by atoms with Crippen molar-refractivity contribution in [2.24, 2.45) is 5.73 Å². The van der Waals surface area contributed by atoms with Crippen LogP contribution in [0.3, 0.4) is 0 Å². The molecule has 1 aromatic heterocycles. The summed E-state index contributed by atoms with van der Waals surface area (Å²) in [6.07, 6.45) is 4.54. The van der Waals surface area contributed by atoms with Crippen molar-refractivity contribution >= 4 is 0 Å². The van der Waals surface area contributed by atoms with Gasteiger partial charge in [-0.1, -0.05) is 12.1 Å². The van der Waals surface area contributed by atoms with Gasteiger partial charge in [0.05, 0.1) is 17.8 Å². The van der Waals surface area contributed by atoms with Gasteiger partial charge in [0.25, 0.3) is 0 Å². The van der Waals surface area contributed by atoms with Gasteiger partial charge >= 0.3 is 0 Å². The fourth-order valence-electron chi connectivity index (χ4n) is 4.54. The number of hydrogen-bond acceptors (Lipinski definition) is 4. The molecule has 4 unspecified atom stereocenters. The molecular formula is C20H23F2N5. The van der Waals surface area contributed by atoms with Gasteiger partial charge in [0.2, 0.25) is 0 Å². The zero-order valence-electron chi connectivity index (χ0n) is 15.0. The lowest BCUT2D eigenvalue weighted by molar-refractivity contribution is 0.0755. The molecule has 2 N–H and O–H groups in total. The highest BCUT2D eigenvalue weighted by molar-refractivity contribution is 5.25. The summed E-state index contributed by atoms with van der Waals surface area (Å²) in [7, 11) is 0. The van der Waals surface area contributed by atoms with Gasteiger partial charge in [0, 0.05) is 31.4 Å². The van der Waals surface area contributed by atoms with Crippen molar-refractivity contribution in [1.29, 1.82) is 5.26 Å². The van der Waals surface area contributed by atoms with E-state index in [0.29, 0.717) is 25.1 Å². The van der Waals surface area contributed by atoms with E-state index in [1.165, 1.54) is 12.1 Å². The number of alkyl halides is 1. The van der Waals surface area contributed by atoms with Crippen LogP contribution < -0.4 is 5.73 Å². The van der Waals surface area contributed by atoms with Crippen molar-refractivity contribution in [2.45, 2.75) is 49.5 Å². The fourth-order valence-corrected chi connectivity index (χ4v) is 4.54. The molecule has 0 bridgehead atoms. The quantitative estimate of drug-likeness (QED) is 0.901. The molecule has 0 radical (unpaired) electrons. The predicted molar refractivity (Wildman–Crippen MR) is 97.2 cm³/mol. The maximum Gasteiger partial charge on any atom is 0.123 e. The zero-order valence-corrected chi connectivity index (χ0v) is 15.0. The topological polar surface area (TPSA) is 70.9 Å². The van der Waals surface area contributed by atoms with Crippen LogP contribution >= 0.6 is 0 Å². The van der Waals surface area contributed by atoms with Crippen molar-refractivity contribution in [3.05, 3.63) is 53.6 Å². The number of aromatic nitrogens is 2. The highest BCUT2D eigenvalue weighted by Crippen LogP contribution is 2.44. The number of nitrogens with zero attached hydrogens (tertiary/aromatic N) is 4. The average Bonchev–Trinajstić information content (AvgIpc) is 3.31. The summed E-state index contributed by atoms with van der Waals surface area (Å²) in [6.45, 7) is 1.18. The van der Waals surface area contributed by atoms with Gasteiger partial charge in [-0.3, -0.25) is 9.58 Å². The van der Waals surface area contributed by atoms with Gasteiger partial charge in [0.15, 0.2) is 0 Å². The Morgan fingerprint density at radius 2 is 1.93 bits per heavy atom.